The number of methoxy groups -OCH3 is 1. The van der Waals surface area contributed by atoms with Crippen molar-refractivity contribution in [3.8, 4) is 0 Å². The van der Waals surface area contributed by atoms with E-state index >= 15 is 0 Å². The van der Waals surface area contributed by atoms with E-state index in [0.29, 0.717) is 25.6 Å². The van der Waals surface area contributed by atoms with Gasteiger partial charge in [-0.1, -0.05) is 0 Å². The Morgan fingerprint density at radius 1 is 1.24 bits per heavy atom. The number of rotatable bonds is 4. The van der Waals surface area contributed by atoms with Crippen molar-refractivity contribution in [2.24, 2.45) is 7.05 Å². The van der Waals surface area contributed by atoms with Gasteiger partial charge in [0.1, 0.15) is 18.3 Å². The Kier molecular flexibility index (Phi) is 5.67. The summed E-state index contributed by atoms with van der Waals surface area (Å²) in [7, 11) is 3.51. The lowest BCUT2D eigenvalue weighted by Gasteiger charge is -2.33. The normalized spacial score (nSPS) is 23.0. The first-order chi connectivity index (χ1) is 12.1. The van der Waals surface area contributed by atoms with Gasteiger partial charge < -0.3 is 19.1 Å². The molecule has 138 valence electrons. The van der Waals surface area contributed by atoms with Crippen LogP contribution in [0.5, 0.6) is 0 Å². The molecule has 1 aromatic rings. The van der Waals surface area contributed by atoms with Crippen LogP contribution in [0.3, 0.4) is 0 Å². The van der Waals surface area contributed by atoms with E-state index < -0.39 is 6.10 Å². The molecule has 2 amide bonds. The number of hydrogen-bond donors (Lipinski definition) is 0. The molecule has 2 fully saturated rings. The van der Waals surface area contributed by atoms with Crippen LogP contribution < -0.4 is 0 Å². The van der Waals surface area contributed by atoms with E-state index in [4.69, 9.17) is 4.74 Å². The van der Waals surface area contributed by atoms with Gasteiger partial charge in [0.25, 0.3) is 5.91 Å². The SMILES string of the molecule is COC1CCCCN(CC(=O)N2CCC(c3nncn3C)CC2)C1=O. The molecule has 0 aliphatic carbocycles. The second-order valence-electron chi connectivity index (χ2n) is 6.94. The van der Waals surface area contributed by atoms with Crippen molar-refractivity contribution in [3.63, 3.8) is 0 Å². The van der Waals surface area contributed by atoms with Crippen LogP contribution in [0.1, 0.15) is 43.8 Å². The van der Waals surface area contributed by atoms with Crippen molar-refractivity contribution in [3.05, 3.63) is 12.2 Å². The van der Waals surface area contributed by atoms with Crippen LogP contribution >= 0.6 is 0 Å². The zero-order valence-corrected chi connectivity index (χ0v) is 15.1. The molecule has 3 heterocycles. The average molecular weight is 349 g/mol. The van der Waals surface area contributed by atoms with Gasteiger partial charge in [-0.15, -0.1) is 10.2 Å². The van der Waals surface area contributed by atoms with E-state index in [1.807, 2.05) is 16.5 Å². The Morgan fingerprint density at radius 2 is 2.00 bits per heavy atom. The van der Waals surface area contributed by atoms with E-state index in [-0.39, 0.29) is 18.4 Å². The summed E-state index contributed by atoms with van der Waals surface area (Å²) in [5, 5.41) is 8.12. The lowest BCUT2D eigenvalue weighted by molar-refractivity contribution is -0.146. The summed E-state index contributed by atoms with van der Waals surface area (Å²) >= 11 is 0. The number of carbonyl (C=O) groups excluding carboxylic acids is 2. The first kappa shape index (κ1) is 17.8. The van der Waals surface area contributed by atoms with Crippen molar-refractivity contribution in [1.29, 1.82) is 0 Å². The second kappa shape index (κ2) is 7.95. The van der Waals surface area contributed by atoms with Crippen LogP contribution in [0.25, 0.3) is 0 Å². The molecule has 2 aliphatic rings. The van der Waals surface area contributed by atoms with Gasteiger partial charge in [-0.05, 0) is 32.1 Å². The fourth-order valence-corrected chi connectivity index (χ4v) is 3.76. The molecule has 1 aromatic heterocycles. The van der Waals surface area contributed by atoms with Crippen LogP contribution in [-0.4, -0.2) is 75.8 Å². The van der Waals surface area contributed by atoms with Crippen molar-refractivity contribution in [2.45, 2.75) is 44.1 Å². The Bertz CT molecular complexity index is 609. The monoisotopic (exact) mass is 349 g/mol. The standard InChI is InChI=1S/C17H27N5O3/c1-20-12-18-19-16(20)13-6-9-21(10-7-13)15(23)11-22-8-4-3-5-14(25-2)17(22)24/h12-14H,3-11H2,1-2H3. The molecular weight excluding hydrogens is 322 g/mol. The summed E-state index contributed by atoms with van der Waals surface area (Å²) in [5.41, 5.74) is 0. The summed E-state index contributed by atoms with van der Waals surface area (Å²) in [6, 6.07) is 0. The second-order valence-corrected chi connectivity index (χ2v) is 6.94. The highest BCUT2D eigenvalue weighted by Crippen LogP contribution is 2.26. The number of aryl methyl sites for hydroxylation is 1. The van der Waals surface area contributed by atoms with Gasteiger partial charge in [0.15, 0.2) is 0 Å². The molecule has 0 aromatic carbocycles. The summed E-state index contributed by atoms with van der Waals surface area (Å²) in [6.07, 6.45) is 5.69. The number of ether oxygens (including phenoxy) is 1. The fraction of sp³-hybridized carbons (Fsp3) is 0.765. The number of likely N-dealkylation sites (tertiary alicyclic amines) is 2. The Morgan fingerprint density at radius 3 is 2.64 bits per heavy atom. The summed E-state index contributed by atoms with van der Waals surface area (Å²) < 4.78 is 7.22. The molecule has 8 heteroatoms. The number of hydrogen-bond acceptors (Lipinski definition) is 5. The first-order valence-electron chi connectivity index (χ1n) is 9.03. The zero-order chi connectivity index (χ0) is 17.8. The van der Waals surface area contributed by atoms with E-state index in [1.165, 1.54) is 0 Å². The summed E-state index contributed by atoms with van der Waals surface area (Å²) in [4.78, 5) is 28.6. The van der Waals surface area contributed by atoms with Crippen molar-refractivity contribution in [1.82, 2.24) is 24.6 Å². The molecule has 0 saturated carbocycles. The van der Waals surface area contributed by atoms with Crippen molar-refractivity contribution >= 4 is 11.8 Å². The van der Waals surface area contributed by atoms with Crippen LogP contribution in [-0.2, 0) is 21.4 Å². The minimum atomic E-state index is -0.406. The van der Waals surface area contributed by atoms with Gasteiger partial charge >= 0.3 is 0 Å². The number of amides is 2. The molecular formula is C17H27N5O3. The third-order valence-corrected chi connectivity index (χ3v) is 5.30. The topological polar surface area (TPSA) is 80.6 Å². The lowest BCUT2D eigenvalue weighted by atomic mass is 9.96. The highest BCUT2D eigenvalue weighted by Gasteiger charge is 2.31. The molecule has 1 unspecified atom stereocenters. The maximum atomic E-state index is 12.6. The highest BCUT2D eigenvalue weighted by molar-refractivity contribution is 5.87. The highest BCUT2D eigenvalue weighted by atomic mass is 16.5. The number of piperidine rings is 1. The Balaban J connectivity index is 1.54. The van der Waals surface area contributed by atoms with Crippen LogP contribution in [0.2, 0.25) is 0 Å². The molecule has 0 spiro atoms. The fourth-order valence-electron chi connectivity index (χ4n) is 3.76. The number of aromatic nitrogens is 3. The van der Waals surface area contributed by atoms with E-state index in [1.54, 1.807) is 18.3 Å². The molecule has 1 atom stereocenters. The smallest absolute Gasteiger partial charge is 0.252 e. The van der Waals surface area contributed by atoms with Crippen LogP contribution in [0, 0.1) is 0 Å². The number of nitrogens with zero attached hydrogens (tertiary/aromatic N) is 5. The van der Waals surface area contributed by atoms with Crippen LogP contribution in [0.15, 0.2) is 6.33 Å². The Hall–Kier alpha value is -1.96. The van der Waals surface area contributed by atoms with Crippen molar-refractivity contribution in [2.75, 3.05) is 33.3 Å². The quantitative estimate of drug-likeness (QED) is 0.793. The van der Waals surface area contributed by atoms with Gasteiger partial charge in [0.2, 0.25) is 5.91 Å². The van der Waals surface area contributed by atoms with Crippen LogP contribution in [0.4, 0.5) is 0 Å². The van der Waals surface area contributed by atoms with Gasteiger partial charge in [-0.25, -0.2) is 0 Å². The molecule has 2 saturated heterocycles. The molecule has 0 radical (unpaired) electrons. The van der Waals surface area contributed by atoms with E-state index in [2.05, 4.69) is 10.2 Å². The largest absolute Gasteiger partial charge is 0.372 e. The predicted molar refractivity (Wildman–Crippen MR) is 90.8 cm³/mol. The maximum Gasteiger partial charge on any atom is 0.252 e. The molecule has 25 heavy (non-hydrogen) atoms. The summed E-state index contributed by atoms with van der Waals surface area (Å²) in [5.74, 6) is 1.30. The van der Waals surface area contributed by atoms with Gasteiger partial charge in [0, 0.05) is 39.7 Å². The molecule has 0 bridgehead atoms. The maximum absolute atomic E-state index is 12.6. The van der Waals surface area contributed by atoms with Gasteiger partial charge in [-0.2, -0.15) is 0 Å². The average Bonchev–Trinajstić information content (AvgIpc) is 2.98. The third-order valence-electron chi connectivity index (χ3n) is 5.30. The van der Waals surface area contributed by atoms with Gasteiger partial charge in [0.05, 0.1) is 6.54 Å². The predicted octanol–water partition coefficient (Wildman–Crippen LogP) is 0.549. The van der Waals surface area contributed by atoms with Crippen molar-refractivity contribution < 1.29 is 14.3 Å². The molecule has 8 nitrogen and oxygen atoms in total. The molecule has 2 aliphatic heterocycles. The molecule has 3 rings (SSSR count). The van der Waals surface area contributed by atoms with E-state index in [0.717, 1.165) is 37.9 Å². The Labute approximate surface area is 148 Å². The van der Waals surface area contributed by atoms with E-state index in [9.17, 15) is 9.59 Å². The van der Waals surface area contributed by atoms with Gasteiger partial charge in [-0.3, -0.25) is 9.59 Å². The summed E-state index contributed by atoms with van der Waals surface area (Å²) in [6.45, 7) is 2.20. The third kappa shape index (κ3) is 4.00. The lowest BCUT2D eigenvalue weighted by Crippen LogP contribution is -2.47. The number of carbonyl (C=O) groups is 2. The first-order valence-corrected chi connectivity index (χ1v) is 9.03. The minimum Gasteiger partial charge on any atom is -0.372 e. The zero-order valence-electron chi connectivity index (χ0n) is 15.1. The minimum absolute atomic E-state index is 0.0292. The molecule has 0 N–H and O–H groups in total.